The van der Waals surface area contributed by atoms with E-state index in [1.54, 1.807) is 0 Å². The average molecular weight is 471 g/mol. The van der Waals surface area contributed by atoms with Crippen molar-refractivity contribution in [2.75, 3.05) is 47.8 Å². The van der Waals surface area contributed by atoms with Gasteiger partial charge < -0.3 is 15.1 Å². The van der Waals surface area contributed by atoms with Gasteiger partial charge in [-0.3, -0.25) is 10.00 Å². The number of aromatic nitrogens is 3. The Morgan fingerprint density at radius 1 is 1.06 bits per heavy atom. The van der Waals surface area contributed by atoms with Crippen LogP contribution in [-0.2, 0) is 0 Å². The molecule has 1 fully saturated rings. The maximum Gasteiger partial charge on any atom is 0.258 e. The average Bonchev–Trinajstić information content (AvgIpc) is 3.59. The van der Waals surface area contributed by atoms with Crippen molar-refractivity contribution < 1.29 is 4.90 Å². The molecule has 3 aliphatic rings. The van der Waals surface area contributed by atoms with Gasteiger partial charge in [-0.05, 0) is 36.9 Å². The number of H-pyrrole nitrogens is 1. The van der Waals surface area contributed by atoms with E-state index in [2.05, 4.69) is 86.8 Å². The fourth-order valence-electron chi connectivity index (χ4n) is 5.24. The zero-order valence-electron chi connectivity index (χ0n) is 20.3. The zero-order valence-corrected chi connectivity index (χ0v) is 20.3. The Balaban J connectivity index is 1.26. The molecule has 0 radical (unpaired) electrons. The van der Waals surface area contributed by atoms with Gasteiger partial charge in [0.2, 0.25) is 0 Å². The largest absolute Gasteiger partial charge is 0.368 e. The molecule has 9 heteroatoms. The van der Waals surface area contributed by atoms with Crippen LogP contribution in [0.4, 0.5) is 17.2 Å². The molecule has 9 nitrogen and oxygen atoms in total. The highest BCUT2D eigenvalue weighted by atomic mass is 15.4. The Kier molecular flexibility index (Phi) is 5.71. The quantitative estimate of drug-likeness (QED) is 0.513. The minimum Gasteiger partial charge on any atom is -0.368 e. The summed E-state index contributed by atoms with van der Waals surface area (Å²) in [6.07, 6.45) is 11.2. The number of piperazine rings is 1. The lowest BCUT2D eigenvalue weighted by Crippen LogP contribution is -3.16. The molecule has 2 aromatic heterocycles. The van der Waals surface area contributed by atoms with Crippen LogP contribution >= 0.6 is 0 Å². The van der Waals surface area contributed by atoms with E-state index in [9.17, 15) is 0 Å². The zero-order chi connectivity index (χ0) is 23.8. The predicted molar refractivity (Wildman–Crippen MR) is 140 cm³/mol. The number of nitrogens with one attached hydrogen (secondary N) is 3. The number of fused-ring (bicyclic) bond motifs is 2. The minimum atomic E-state index is 0.218. The van der Waals surface area contributed by atoms with Gasteiger partial charge in [0.05, 0.1) is 29.8 Å². The molecule has 0 amide bonds. The first kappa shape index (κ1) is 21.8. The Hall–Kier alpha value is -3.69. The SMILES string of the molecule is CCC1N(c2ccc3cn[nH]c3c2)C=C(Nc2ccc(N3CCN(CC)CC3)cn2)C2=NC=C[NH+]21. The second-order valence-corrected chi connectivity index (χ2v) is 9.21. The first-order valence-corrected chi connectivity index (χ1v) is 12.5. The summed E-state index contributed by atoms with van der Waals surface area (Å²) in [5.41, 5.74) is 4.28. The molecule has 0 bridgehead atoms. The number of pyridine rings is 1. The van der Waals surface area contributed by atoms with Crippen molar-refractivity contribution in [1.29, 1.82) is 0 Å². The monoisotopic (exact) mass is 470 g/mol. The highest BCUT2D eigenvalue weighted by Gasteiger charge is 2.39. The number of aliphatic imine (C=N–C) groups is 1. The summed E-state index contributed by atoms with van der Waals surface area (Å²) in [4.78, 5) is 17.9. The van der Waals surface area contributed by atoms with Crippen molar-refractivity contribution >= 4 is 33.9 Å². The number of rotatable bonds is 6. The molecule has 5 heterocycles. The van der Waals surface area contributed by atoms with Crippen molar-refractivity contribution in [2.45, 2.75) is 26.4 Å². The fraction of sp³-hybridized carbons (Fsp3) is 0.346. The number of anilines is 3. The number of hydrogen-bond acceptors (Lipinski definition) is 7. The van der Waals surface area contributed by atoms with E-state index in [0.717, 1.165) is 73.1 Å². The summed E-state index contributed by atoms with van der Waals surface area (Å²) in [6, 6.07) is 10.7. The van der Waals surface area contributed by atoms with Gasteiger partial charge >= 0.3 is 0 Å². The summed E-state index contributed by atoms with van der Waals surface area (Å²) in [7, 11) is 0. The molecule has 2 unspecified atom stereocenters. The molecule has 1 saturated heterocycles. The number of likely N-dealkylation sites (N-methyl/N-ethyl adjacent to an activating group) is 1. The predicted octanol–water partition coefficient (Wildman–Crippen LogP) is 2.38. The van der Waals surface area contributed by atoms with Gasteiger partial charge in [-0.2, -0.15) is 10.1 Å². The van der Waals surface area contributed by atoms with Gasteiger partial charge in [0.25, 0.3) is 5.84 Å². The molecule has 3 aromatic rings. The number of benzene rings is 1. The van der Waals surface area contributed by atoms with Crippen LogP contribution in [0.3, 0.4) is 0 Å². The van der Waals surface area contributed by atoms with E-state index in [4.69, 9.17) is 9.98 Å². The van der Waals surface area contributed by atoms with Gasteiger partial charge in [-0.1, -0.05) is 13.8 Å². The van der Waals surface area contributed by atoms with E-state index >= 15 is 0 Å². The van der Waals surface area contributed by atoms with E-state index in [1.807, 2.05) is 18.6 Å². The molecule has 6 rings (SSSR count). The lowest BCUT2D eigenvalue weighted by atomic mass is 10.1. The molecule has 0 saturated carbocycles. The molecule has 0 aliphatic carbocycles. The molecule has 180 valence electrons. The molecule has 2 atom stereocenters. The first-order chi connectivity index (χ1) is 17.2. The summed E-state index contributed by atoms with van der Waals surface area (Å²) in [6.45, 7) is 9.86. The summed E-state index contributed by atoms with van der Waals surface area (Å²) < 4.78 is 0. The fourth-order valence-corrected chi connectivity index (χ4v) is 5.24. The molecular formula is C26H32N9+. The van der Waals surface area contributed by atoms with Gasteiger partial charge in [0.1, 0.15) is 17.7 Å². The van der Waals surface area contributed by atoms with E-state index < -0.39 is 0 Å². The van der Waals surface area contributed by atoms with E-state index in [-0.39, 0.29) is 6.17 Å². The molecule has 1 aromatic carbocycles. The number of aromatic amines is 1. The second-order valence-electron chi connectivity index (χ2n) is 9.21. The van der Waals surface area contributed by atoms with Crippen molar-refractivity contribution in [3.05, 3.63) is 67.0 Å². The van der Waals surface area contributed by atoms with Gasteiger partial charge in [-0.25, -0.2) is 9.88 Å². The van der Waals surface area contributed by atoms with E-state index in [1.165, 1.54) is 10.6 Å². The van der Waals surface area contributed by atoms with Crippen molar-refractivity contribution in [3.8, 4) is 0 Å². The molecule has 3 aliphatic heterocycles. The number of hydrogen-bond donors (Lipinski definition) is 3. The lowest BCUT2D eigenvalue weighted by Gasteiger charge is -2.37. The Bertz CT molecular complexity index is 1280. The Labute approximate surface area is 205 Å². The van der Waals surface area contributed by atoms with Gasteiger partial charge in [0, 0.05) is 49.9 Å². The van der Waals surface area contributed by atoms with Crippen LogP contribution in [-0.4, -0.2) is 64.8 Å². The second kappa shape index (κ2) is 9.16. The number of amidine groups is 1. The van der Waals surface area contributed by atoms with Crippen LogP contribution in [0.15, 0.2) is 72.0 Å². The third-order valence-electron chi connectivity index (χ3n) is 7.25. The maximum absolute atomic E-state index is 4.75. The number of quaternary nitrogens is 1. The standard InChI is InChI=1S/C26H31N9/c1-3-25-34-10-9-27-26(34)23(18-35(25)20-6-5-19-16-29-31-22(19)15-20)30-24-8-7-21(17-28-24)33-13-11-32(4-2)12-14-33/h5-10,15-18,25H,3-4,11-14H2,1-2H3,(H,28,30)(H,29,31)/p+1. The Morgan fingerprint density at radius 2 is 1.91 bits per heavy atom. The molecule has 0 spiro atoms. The Morgan fingerprint density at radius 3 is 2.69 bits per heavy atom. The first-order valence-electron chi connectivity index (χ1n) is 12.5. The molecule has 35 heavy (non-hydrogen) atoms. The molecule has 3 N–H and O–H groups in total. The van der Waals surface area contributed by atoms with Crippen LogP contribution in [0.5, 0.6) is 0 Å². The third kappa shape index (κ3) is 4.06. The van der Waals surface area contributed by atoms with Gasteiger partial charge in [0.15, 0.2) is 6.17 Å². The van der Waals surface area contributed by atoms with Crippen molar-refractivity contribution in [2.24, 2.45) is 4.99 Å². The van der Waals surface area contributed by atoms with Crippen molar-refractivity contribution in [1.82, 2.24) is 20.1 Å². The van der Waals surface area contributed by atoms with Crippen LogP contribution in [0, 0.1) is 0 Å². The topological polar surface area (TPSA) is 80.1 Å². The van der Waals surface area contributed by atoms with Gasteiger partial charge in [-0.15, -0.1) is 0 Å². The van der Waals surface area contributed by atoms with Crippen LogP contribution in [0.25, 0.3) is 10.9 Å². The summed E-state index contributed by atoms with van der Waals surface area (Å²) >= 11 is 0. The summed E-state index contributed by atoms with van der Waals surface area (Å²) in [5.74, 6) is 1.82. The van der Waals surface area contributed by atoms with Crippen LogP contribution in [0.2, 0.25) is 0 Å². The van der Waals surface area contributed by atoms with Crippen LogP contribution < -0.4 is 20.0 Å². The van der Waals surface area contributed by atoms with E-state index in [0.29, 0.717) is 0 Å². The van der Waals surface area contributed by atoms with Crippen molar-refractivity contribution in [3.63, 3.8) is 0 Å². The lowest BCUT2D eigenvalue weighted by molar-refractivity contribution is -0.775. The maximum atomic E-state index is 4.75. The highest BCUT2D eigenvalue weighted by molar-refractivity contribution is 5.97. The normalized spacial score (nSPS) is 22.3. The number of nitrogens with zero attached hydrogens (tertiary/aromatic N) is 6. The third-order valence-corrected chi connectivity index (χ3v) is 7.25. The smallest absolute Gasteiger partial charge is 0.258 e. The summed E-state index contributed by atoms with van der Waals surface area (Å²) in [5, 5.41) is 11.9. The molecular weight excluding hydrogens is 438 g/mol. The van der Waals surface area contributed by atoms with Crippen LogP contribution in [0.1, 0.15) is 20.3 Å². The highest BCUT2D eigenvalue weighted by Crippen LogP contribution is 2.26. The minimum absolute atomic E-state index is 0.218.